The largest absolute Gasteiger partial charge is 4.00 e. The Morgan fingerprint density at radius 3 is 1.14 bits per heavy atom. The van der Waals surface area contributed by atoms with Crippen molar-refractivity contribution in [2.24, 2.45) is 0 Å². The van der Waals surface area contributed by atoms with Crippen molar-refractivity contribution in [3.63, 3.8) is 0 Å². The number of hydrogen-bond donors (Lipinski definition) is 0. The van der Waals surface area contributed by atoms with E-state index in [0.717, 1.165) is 0 Å². The number of halogens is 3. The Balaban J connectivity index is -0.00000000333. The molecule has 0 rings (SSSR count). The van der Waals surface area contributed by atoms with Crippen molar-refractivity contribution in [2.45, 2.75) is 0 Å². The predicted octanol–water partition coefficient (Wildman–Crippen LogP) is -7.98. The summed E-state index contributed by atoms with van der Waals surface area (Å²) >= 11 is 0. The van der Waals surface area contributed by atoms with Gasteiger partial charge in [-0.25, -0.2) is 19.6 Å². The first-order valence-electron chi connectivity index (χ1n) is 0.816. The molecule has 0 aliphatic rings. The van der Waals surface area contributed by atoms with E-state index in [4.69, 9.17) is 0 Å². The summed E-state index contributed by atoms with van der Waals surface area (Å²) < 4.78 is 0. The number of hydrogen-bond acceptors (Lipinski definition) is 0. The van der Waals surface area contributed by atoms with Gasteiger partial charge in [-0.3, -0.25) is 0 Å². The standard InChI is InChI=1S/C3H5.3ClH.Pt/c1-3-2;;;;/h3H,1-2H2;3*1H;/q-1;;;;+4/p-3. The Morgan fingerprint density at radius 1 is 1.14 bits per heavy atom. The fourth-order valence-corrected chi connectivity index (χ4v) is 0. The van der Waals surface area contributed by atoms with Crippen LogP contribution >= 0.6 is 0 Å². The summed E-state index contributed by atoms with van der Waals surface area (Å²) in [4.78, 5) is 0. The first-order valence-corrected chi connectivity index (χ1v) is 0.816. The third kappa shape index (κ3) is 140. The van der Waals surface area contributed by atoms with Crippen LogP contribution in [0.15, 0.2) is 12.7 Å². The smallest absolute Gasteiger partial charge is 1.00 e. The van der Waals surface area contributed by atoms with Crippen LogP contribution in [0.4, 0.5) is 0 Å². The minimum Gasteiger partial charge on any atom is -1.00 e. The molecule has 0 bridgehead atoms. The topological polar surface area (TPSA) is 0 Å². The molecule has 0 radical (unpaired) electrons. The summed E-state index contributed by atoms with van der Waals surface area (Å²) in [7, 11) is 0. The average molecular weight is 343 g/mol. The van der Waals surface area contributed by atoms with Crippen molar-refractivity contribution in [1.82, 2.24) is 0 Å². The molecule has 0 heterocycles. The van der Waals surface area contributed by atoms with Crippen molar-refractivity contribution in [1.29, 1.82) is 0 Å². The van der Waals surface area contributed by atoms with Gasteiger partial charge >= 0.3 is 21.1 Å². The van der Waals surface area contributed by atoms with E-state index >= 15 is 0 Å². The molecule has 0 N–H and O–H groups in total. The quantitative estimate of drug-likeness (QED) is 0.384. The summed E-state index contributed by atoms with van der Waals surface area (Å²) in [5, 5.41) is 0. The van der Waals surface area contributed by atoms with Gasteiger partial charge in [0.15, 0.2) is 0 Å². The van der Waals surface area contributed by atoms with Crippen molar-refractivity contribution < 1.29 is 58.3 Å². The van der Waals surface area contributed by atoms with Crippen molar-refractivity contribution in [3.8, 4) is 0 Å². The fraction of sp³-hybridized carbons (Fsp3) is 0. The van der Waals surface area contributed by atoms with Gasteiger partial charge in [-0.15, -0.1) is 0 Å². The van der Waals surface area contributed by atoms with E-state index in [1.807, 2.05) is 0 Å². The van der Waals surface area contributed by atoms with Crippen LogP contribution in [-0.4, -0.2) is 0 Å². The molecule has 0 nitrogen and oxygen atoms in total. The third-order valence-corrected chi connectivity index (χ3v) is 0. The molecule has 0 aliphatic carbocycles. The Bertz CT molecular complexity index is 17.7. The minimum atomic E-state index is 0. The van der Waals surface area contributed by atoms with E-state index in [9.17, 15) is 0 Å². The van der Waals surface area contributed by atoms with Crippen LogP contribution in [0.1, 0.15) is 0 Å². The molecule has 0 aliphatic heterocycles. The zero-order valence-corrected chi connectivity index (χ0v) is 7.98. The summed E-state index contributed by atoms with van der Waals surface area (Å²) in [5.74, 6) is 0. The Labute approximate surface area is 77.6 Å². The van der Waals surface area contributed by atoms with E-state index in [0.29, 0.717) is 0 Å². The molecule has 0 atom stereocenters. The van der Waals surface area contributed by atoms with Gasteiger partial charge in [-0.2, -0.15) is 0 Å². The molecule has 0 fully saturated rings. The molecule has 0 amide bonds. The third-order valence-electron chi connectivity index (χ3n) is 0. The molecule has 0 aromatic heterocycles. The molecule has 0 saturated heterocycles. The second-order valence-electron chi connectivity index (χ2n) is 0.289. The van der Waals surface area contributed by atoms with E-state index in [2.05, 4.69) is 13.5 Å². The molecule has 0 unspecified atom stereocenters. The second-order valence-corrected chi connectivity index (χ2v) is 0.289. The molecule has 7 heavy (non-hydrogen) atoms. The van der Waals surface area contributed by atoms with Crippen LogP contribution in [0.25, 0.3) is 0 Å². The molecule has 0 saturated carbocycles. The van der Waals surface area contributed by atoms with Gasteiger partial charge in [0.1, 0.15) is 0 Å². The monoisotopic (exact) mass is 341 g/mol. The van der Waals surface area contributed by atoms with Crippen LogP contribution in [0.2, 0.25) is 0 Å². The number of allylic oxidation sites excluding steroid dienone is 1. The first kappa shape index (κ1) is 41.8. The average Bonchev–Trinajstić information content (AvgIpc) is 0.918. The van der Waals surface area contributed by atoms with Gasteiger partial charge in [0.25, 0.3) is 0 Å². The Morgan fingerprint density at radius 2 is 1.14 bits per heavy atom. The van der Waals surface area contributed by atoms with Gasteiger partial charge in [0, 0.05) is 0 Å². The van der Waals surface area contributed by atoms with Gasteiger partial charge in [0.2, 0.25) is 0 Å². The summed E-state index contributed by atoms with van der Waals surface area (Å²) in [6.45, 7) is 6.50. The Hall–Kier alpha value is 1.17. The van der Waals surface area contributed by atoms with Gasteiger partial charge in [0.05, 0.1) is 0 Å². The predicted molar refractivity (Wildman–Crippen MR) is 15.6 cm³/mol. The molecular formula is C3H5Cl3Pt. The van der Waals surface area contributed by atoms with Crippen LogP contribution < -0.4 is 37.2 Å². The van der Waals surface area contributed by atoms with Gasteiger partial charge in [-0.1, -0.05) is 0 Å². The summed E-state index contributed by atoms with van der Waals surface area (Å²) in [6.07, 6.45) is 1.50. The Kier molecular flexibility index (Phi) is 347. The zero-order chi connectivity index (χ0) is 2.71. The van der Waals surface area contributed by atoms with E-state index in [1.165, 1.54) is 6.08 Å². The number of rotatable bonds is 0. The van der Waals surface area contributed by atoms with Crippen LogP contribution in [0, 0.1) is 6.92 Å². The maximum absolute atomic E-state index is 3.25. The van der Waals surface area contributed by atoms with Crippen LogP contribution in [0.3, 0.4) is 0 Å². The first-order chi connectivity index (χ1) is 1.41. The van der Waals surface area contributed by atoms with Crippen LogP contribution in [0.5, 0.6) is 0 Å². The zero-order valence-electron chi connectivity index (χ0n) is 3.44. The van der Waals surface area contributed by atoms with Crippen molar-refractivity contribution in [2.75, 3.05) is 0 Å². The van der Waals surface area contributed by atoms with Crippen molar-refractivity contribution >= 4 is 0 Å². The molecule has 0 aromatic rings. The fourth-order valence-electron chi connectivity index (χ4n) is 0. The molecule has 0 aromatic carbocycles. The molecule has 0 spiro atoms. The van der Waals surface area contributed by atoms with Crippen LogP contribution in [-0.2, 0) is 21.1 Å². The normalized spacial score (nSPS) is 1.71. The SMILES string of the molecule is C=C[CH2-].[Cl-].[Cl-].[Cl-].[Pt+4]. The minimum absolute atomic E-state index is 0. The van der Waals surface area contributed by atoms with Crippen molar-refractivity contribution in [3.05, 3.63) is 19.6 Å². The van der Waals surface area contributed by atoms with E-state index < -0.39 is 0 Å². The van der Waals surface area contributed by atoms with Gasteiger partial charge < -0.3 is 37.2 Å². The molecule has 48 valence electrons. The maximum Gasteiger partial charge on any atom is 4.00 e. The molecule has 4 heteroatoms. The maximum atomic E-state index is 3.25. The summed E-state index contributed by atoms with van der Waals surface area (Å²) in [6, 6.07) is 0. The van der Waals surface area contributed by atoms with E-state index in [-0.39, 0.29) is 58.3 Å². The summed E-state index contributed by atoms with van der Waals surface area (Å²) in [5.41, 5.74) is 0. The van der Waals surface area contributed by atoms with Gasteiger partial charge in [-0.05, 0) is 0 Å². The van der Waals surface area contributed by atoms with E-state index in [1.54, 1.807) is 0 Å². The second kappa shape index (κ2) is 58.0. The molecular weight excluding hydrogens is 337 g/mol.